The Morgan fingerprint density at radius 2 is 1.70 bits per heavy atom. The van der Waals surface area contributed by atoms with Gasteiger partial charge in [-0.05, 0) is 29.7 Å². The molecule has 0 aliphatic carbocycles. The molecule has 1 aliphatic rings. The summed E-state index contributed by atoms with van der Waals surface area (Å²) in [5.74, 6) is 0.162. The molecule has 3 rings (SSSR count). The van der Waals surface area contributed by atoms with Crippen molar-refractivity contribution in [2.75, 3.05) is 6.54 Å². The van der Waals surface area contributed by atoms with Crippen LogP contribution in [-0.2, 0) is 6.42 Å². The lowest BCUT2D eigenvalue weighted by atomic mass is 10.1. The molecule has 0 amide bonds. The van der Waals surface area contributed by atoms with E-state index in [4.69, 9.17) is 11.5 Å². The van der Waals surface area contributed by atoms with Crippen LogP contribution in [-0.4, -0.2) is 23.4 Å². The molecule has 0 saturated carbocycles. The van der Waals surface area contributed by atoms with Crippen molar-refractivity contribution in [3.05, 3.63) is 71.5 Å². The highest BCUT2D eigenvalue weighted by molar-refractivity contribution is 5.95. The van der Waals surface area contributed by atoms with Gasteiger partial charge in [0.15, 0.2) is 6.17 Å². The lowest BCUT2D eigenvalue weighted by molar-refractivity contribution is 0.319. The van der Waals surface area contributed by atoms with Gasteiger partial charge < -0.3 is 16.4 Å². The van der Waals surface area contributed by atoms with Crippen molar-refractivity contribution in [1.82, 2.24) is 4.90 Å². The molecule has 0 spiro atoms. The van der Waals surface area contributed by atoms with E-state index < -0.39 is 6.17 Å². The van der Waals surface area contributed by atoms with E-state index >= 15 is 0 Å². The Balaban J connectivity index is 1.82. The first-order valence-electron chi connectivity index (χ1n) is 7.37. The van der Waals surface area contributed by atoms with E-state index in [2.05, 4.69) is 22.1 Å². The van der Waals surface area contributed by atoms with Gasteiger partial charge in [-0.25, -0.2) is 9.38 Å². The molecule has 5 nitrogen and oxygen atoms in total. The largest absolute Gasteiger partial charge is 0.369 e. The van der Waals surface area contributed by atoms with Gasteiger partial charge in [-0.2, -0.15) is 4.99 Å². The first-order chi connectivity index (χ1) is 11.1. The van der Waals surface area contributed by atoms with Crippen LogP contribution in [0.4, 0.5) is 4.39 Å². The molecule has 0 aromatic heterocycles. The predicted molar refractivity (Wildman–Crippen MR) is 89.2 cm³/mol. The third-order valence-electron chi connectivity index (χ3n) is 3.73. The minimum absolute atomic E-state index is 0.132. The first kappa shape index (κ1) is 15.0. The monoisotopic (exact) mass is 311 g/mol. The van der Waals surface area contributed by atoms with Gasteiger partial charge in [-0.1, -0.05) is 42.5 Å². The third kappa shape index (κ3) is 3.48. The molecule has 2 aromatic carbocycles. The zero-order valence-corrected chi connectivity index (χ0v) is 12.6. The van der Waals surface area contributed by atoms with Gasteiger partial charge in [0, 0.05) is 6.54 Å². The van der Waals surface area contributed by atoms with Crippen molar-refractivity contribution >= 4 is 11.9 Å². The van der Waals surface area contributed by atoms with Gasteiger partial charge in [-0.3, -0.25) is 0 Å². The van der Waals surface area contributed by atoms with E-state index in [1.165, 1.54) is 17.7 Å². The Morgan fingerprint density at radius 1 is 1.00 bits per heavy atom. The summed E-state index contributed by atoms with van der Waals surface area (Å²) in [7, 11) is 0. The van der Waals surface area contributed by atoms with Crippen LogP contribution in [0.25, 0.3) is 0 Å². The summed E-state index contributed by atoms with van der Waals surface area (Å²) >= 11 is 0. The summed E-state index contributed by atoms with van der Waals surface area (Å²) in [5, 5.41) is 0. The molecule has 6 heteroatoms. The van der Waals surface area contributed by atoms with Crippen molar-refractivity contribution in [2.24, 2.45) is 21.5 Å². The molecule has 1 heterocycles. The molecule has 4 N–H and O–H groups in total. The Labute approximate surface area is 134 Å². The number of hydrogen-bond donors (Lipinski definition) is 2. The van der Waals surface area contributed by atoms with Crippen LogP contribution in [0, 0.1) is 5.82 Å². The molecule has 1 atom stereocenters. The lowest BCUT2D eigenvalue weighted by Crippen LogP contribution is -2.45. The number of benzene rings is 2. The number of guanidine groups is 2. The predicted octanol–water partition coefficient (Wildman–Crippen LogP) is 2.01. The molecule has 1 unspecified atom stereocenters. The van der Waals surface area contributed by atoms with Gasteiger partial charge in [0.25, 0.3) is 0 Å². The maximum atomic E-state index is 13.2. The molecule has 23 heavy (non-hydrogen) atoms. The Kier molecular flexibility index (Phi) is 4.23. The van der Waals surface area contributed by atoms with E-state index in [0.717, 1.165) is 12.0 Å². The maximum absolute atomic E-state index is 13.2. The summed E-state index contributed by atoms with van der Waals surface area (Å²) in [6, 6.07) is 16.3. The van der Waals surface area contributed by atoms with Crippen LogP contribution < -0.4 is 11.5 Å². The van der Waals surface area contributed by atoms with Crippen LogP contribution in [0.2, 0.25) is 0 Å². The van der Waals surface area contributed by atoms with E-state index in [1.54, 1.807) is 12.1 Å². The fraction of sp³-hybridized carbons (Fsp3) is 0.176. The fourth-order valence-corrected chi connectivity index (χ4v) is 2.55. The van der Waals surface area contributed by atoms with Crippen LogP contribution in [0.3, 0.4) is 0 Å². The quantitative estimate of drug-likeness (QED) is 0.906. The van der Waals surface area contributed by atoms with E-state index in [9.17, 15) is 4.39 Å². The van der Waals surface area contributed by atoms with Crippen LogP contribution in [0.15, 0.2) is 64.6 Å². The molecular formula is C17H18FN5. The third-order valence-corrected chi connectivity index (χ3v) is 3.73. The van der Waals surface area contributed by atoms with Gasteiger partial charge in [-0.15, -0.1) is 0 Å². The molecule has 0 fully saturated rings. The van der Waals surface area contributed by atoms with Gasteiger partial charge >= 0.3 is 0 Å². The Bertz CT molecular complexity index is 724. The standard InChI is InChI=1S/C17H18FN5/c18-14-8-6-13(7-9-14)15-21-16(19)22-17(20)23(15)11-10-12-4-2-1-3-5-12/h1-9,15H,10-11H2,(H4,19,20,21,22). The Morgan fingerprint density at radius 3 is 2.39 bits per heavy atom. The molecule has 118 valence electrons. The van der Waals surface area contributed by atoms with Gasteiger partial charge in [0.2, 0.25) is 11.9 Å². The van der Waals surface area contributed by atoms with E-state index in [1.807, 2.05) is 23.1 Å². The average molecular weight is 311 g/mol. The topological polar surface area (TPSA) is 80.0 Å². The van der Waals surface area contributed by atoms with Crippen LogP contribution >= 0.6 is 0 Å². The van der Waals surface area contributed by atoms with E-state index in [0.29, 0.717) is 12.5 Å². The second kappa shape index (κ2) is 6.48. The summed E-state index contributed by atoms with van der Waals surface area (Å²) in [6.45, 7) is 0.637. The summed E-state index contributed by atoms with van der Waals surface area (Å²) in [4.78, 5) is 10.3. The van der Waals surface area contributed by atoms with E-state index in [-0.39, 0.29) is 11.8 Å². The fourth-order valence-electron chi connectivity index (χ4n) is 2.55. The first-order valence-corrected chi connectivity index (χ1v) is 7.37. The highest BCUT2D eigenvalue weighted by atomic mass is 19.1. The molecular weight excluding hydrogens is 293 g/mol. The molecule has 0 radical (unpaired) electrons. The summed E-state index contributed by atoms with van der Waals surface area (Å²) in [5.41, 5.74) is 13.8. The number of halogens is 1. The highest BCUT2D eigenvalue weighted by Crippen LogP contribution is 2.25. The molecule has 0 saturated heterocycles. The maximum Gasteiger partial charge on any atom is 0.220 e. The van der Waals surface area contributed by atoms with Gasteiger partial charge in [0.1, 0.15) is 5.82 Å². The van der Waals surface area contributed by atoms with Crippen LogP contribution in [0.1, 0.15) is 17.3 Å². The van der Waals surface area contributed by atoms with Gasteiger partial charge in [0.05, 0.1) is 0 Å². The van der Waals surface area contributed by atoms with Crippen LogP contribution in [0.5, 0.6) is 0 Å². The number of nitrogens with zero attached hydrogens (tertiary/aromatic N) is 3. The molecule has 1 aliphatic heterocycles. The number of nitrogens with two attached hydrogens (primary N) is 2. The summed E-state index contributed by atoms with van der Waals surface area (Å²) in [6.07, 6.45) is 0.404. The van der Waals surface area contributed by atoms with Crippen molar-refractivity contribution in [3.63, 3.8) is 0 Å². The van der Waals surface area contributed by atoms with Crippen molar-refractivity contribution in [1.29, 1.82) is 0 Å². The Hall–Kier alpha value is -2.89. The van der Waals surface area contributed by atoms with Crippen molar-refractivity contribution < 1.29 is 4.39 Å². The SMILES string of the molecule is NC1=NC(c2ccc(F)cc2)N(CCc2ccccc2)C(N)=N1. The number of aliphatic imine (C=N–C) groups is 2. The lowest BCUT2D eigenvalue weighted by Gasteiger charge is -2.32. The molecule has 0 bridgehead atoms. The number of rotatable bonds is 4. The average Bonchev–Trinajstić information content (AvgIpc) is 2.55. The van der Waals surface area contributed by atoms with Crippen molar-refractivity contribution in [3.8, 4) is 0 Å². The smallest absolute Gasteiger partial charge is 0.220 e. The zero-order valence-electron chi connectivity index (χ0n) is 12.6. The normalized spacial score (nSPS) is 17.6. The minimum Gasteiger partial charge on any atom is -0.369 e. The molecule has 2 aromatic rings. The zero-order chi connectivity index (χ0) is 16.2. The second-order valence-electron chi connectivity index (χ2n) is 5.31. The highest BCUT2D eigenvalue weighted by Gasteiger charge is 2.25. The number of hydrogen-bond acceptors (Lipinski definition) is 5. The van der Waals surface area contributed by atoms with Crippen molar-refractivity contribution in [2.45, 2.75) is 12.6 Å². The summed E-state index contributed by atoms with van der Waals surface area (Å²) < 4.78 is 13.2. The minimum atomic E-state index is -0.392. The second-order valence-corrected chi connectivity index (χ2v) is 5.31.